The standard InChI is InChI=1S/C12H11NO5S/c13-6-12(15)7-1-2-10-8(3-7)4-9(5-11(10)14)19(16,17)18/h1-5,14H,6,13H2,(H,16,17,18). The zero-order chi connectivity index (χ0) is 14.2. The fraction of sp³-hybridized carbons (Fsp3) is 0.0833. The van der Waals surface area contributed by atoms with E-state index in [4.69, 9.17) is 10.3 Å². The second-order valence-electron chi connectivity index (χ2n) is 3.98. The molecule has 0 bridgehead atoms. The summed E-state index contributed by atoms with van der Waals surface area (Å²) in [7, 11) is -4.43. The molecule has 7 heteroatoms. The first kappa shape index (κ1) is 13.5. The van der Waals surface area contributed by atoms with Crippen molar-refractivity contribution in [2.45, 2.75) is 4.90 Å². The first-order valence-corrected chi connectivity index (χ1v) is 6.74. The van der Waals surface area contributed by atoms with Gasteiger partial charge in [0.15, 0.2) is 5.78 Å². The molecule has 0 radical (unpaired) electrons. The molecule has 0 aliphatic rings. The Labute approximate surface area is 109 Å². The summed E-state index contributed by atoms with van der Waals surface area (Å²) >= 11 is 0. The number of hydrogen-bond acceptors (Lipinski definition) is 5. The maximum absolute atomic E-state index is 11.5. The maximum atomic E-state index is 11.5. The van der Waals surface area contributed by atoms with Crippen LogP contribution in [-0.4, -0.2) is 30.4 Å². The molecule has 0 saturated heterocycles. The molecule has 0 unspecified atom stereocenters. The van der Waals surface area contributed by atoms with Gasteiger partial charge in [0.2, 0.25) is 0 Å². The Hall–Kier alpha value is -1.96. The molecular formula is C12H11NO5S. The lowest BCUT2D eigenvalue weighted by molar-refractivity contribution is 0.100. The van der Waals surface area contributed by atoms with E-state index in [1.54, 1.807) is 0 Å². The minimum atomic E-state index is -4.43. The second-order valence-corrected chi connectivity index (χ2v) is 5.40. The van der Waals surface area contributed by atoms with Gasteiger partial charge in [0, 0.05) is 17.0 Å². The lowest BCUT2D eigenvalue weighted by Gasteiger charge is -2.06. The predicted octanol–water partition coefficient (Wildman–Crippen LogP) is 0.933. The highest BCUT2D eigenvalue weighted by molar-refractivity contribution is 7.85. The highest BCUT2D eigenvalue weighted by Crippen LogP contribution is 2.29. The monoisotopic (exact) mass is 281 g/mol. The highest BCUT2D eigenvalue weighted by atomic mass is 32.2. The Morgan fingerprint density at radius 3 is 2.47 bits per heavy atom. The second kappa shape index (κ2) is 4.61. The summed E-state index contributed by atoms with van der Waals surface area (Å²) in [5.41, 5.74) is 5.55. The summed E-state index contributed by atoms with van der Waals surface area (Å²) in [6.45, 7) is -0.171. The fourth-order valence-electron chi connectivity index (χ4n) is 1.76. The number of nitrogens with two attached hydrogens (primary N) is 1. The van der Waals surface area contributed by atoms with E-state index in [1.807, 2.05) is 0 Å². The SMILES string of the molecule is NCC(=O)c1ccc2c(O)cc(S(=O)(=O)O)cc2c1. The minimum absolute atomic E-state index is 0.171. The number of ketones is 1. The van der Waals surface area contributed by atoms with Gasteiger partial charge in [0.05, 0.1) is 11.4 Å². The van der Waals surface area contributed by atoms with E-state index in [2.05, 4.69) is 0 Å². The van der Waals surface area contributed by atoms with Crippen LogP contribution in [0.1, 0.15) is 10.4 Å². The fourth-order valence-corrected chi connectivity index (χ4v) is 2.30. The Morgan fingerprint density at radius 1 is 1.21 bits per heavy atom. The Bertz CT molecular complexity index is 767. The molecular weight excluding hydrogens is 270 g/mol. The van der Waals surface area contributed by atoms with Crippen LogP contribution in [0.3, 0.4) is 0 Å². The molecule has 0 heterocycles. The van der Waals surface area contributed by atoms with E-state index in [0.29, 0.717) is 16.3 Å². The lowest BCUT2D eigenvalue weighted by atomic mass is 10.0. The topological polar surface area (TPSA) is 118 Å². The van der Waals surface area contributed by atoms with Crippen LogP contribution in [0, 0.1) is 0 Å². The number of fused-ring (bicyclic) bond motifs is 1. The summed E-state index contributed by atoms with van der Waals surface area (Å²) in [4.78, 5) is 11.0. The lowest BCUT2D eigenvalue weighted by Crippen LogP contribution is -2.13. The number of carbonyl (C=O) groups excluding carboxylic acids is 1. The molecule has 4 N–H and O–H groups in total. The van der Waals surface area contributed by atoms with Crippen molar-refractivity contribution in [3.63, 3.8) is 0 Å². The number of Topliss-reactive ketones (excluding diaryl/α,β-unsaturated/α-hetero) is 1. The van der Waals surface area contributed by atoms with Crippen molar-refractivity contribution in [3.8, 4) is 5.75 Å². The van der Waals surface area contributed by atoms with Crippen LogP contribution in [0.5, 0.6) is 5.75 Å². The summed E-state index contributed by atoms with van der Waals surface area (Å²) < 4.78 is 31.1. The van der Waals surface area contributed by atoms with Crippen molar-refractivity contribution < 1.29 is 22.9 Å². The Balaban J connectivity index is 2.74. The molecule has 6 nitrogen and oxygen atoms in total. The van der Waals surface area contributed by atoms with Gasteiger partial charge in [-0.15, -0.1) is 0 Å². The van der Waals surface area contributed by atoms with Crippen LogP contribution in [0.4, 0.5) is 0 Å². The van der Waals surface area contributed by atoms with Gasteiger partial charge in [-0.1, -0.05) is 6.07 Å². The predicted molar refractivity (Wildman–Crippen MR) is 68.8 cm³/mol. The molecule has 100 valence electrons. The van der Waals surface area contributed by atoms with Crippen LogP contribution >= 0.6 is 0 Å². The number of phenolic OH excluding ortho intramolecular Hbond substituents is 1. The molecule has 0 aliphatic heterocycles. The molecule has 0 aromatic heterocycles. The van der Waals surface area contributed by atoms with Gasteiger partial charge in [-0.05, 0) is 23.6 Å². The average molecular weight is 281 g/mol. The van der Waals surface area contributed by atoms with Crippen molar-refractivity contribution >= 4 is 26.7 Å². The van der Waals surface area contributed by atoms with Crippen LogP contribution in [0.2, 0.25) is 0 Å². The quantitative estimate of drug-likeness (QED) is 0.569. The van der Waals surface area contributed by atoms with E-state index in [0.717, 1.165) is 6.07 Å². The van der Waals surface area contributed by atoms with Crippen molar-refractivity contribution in [2.75, 3.05) is 6.54 Å². The number of carbonyl (C=O) groups is 1. The van der Waals surface area contributed by atoms with Crippen molar-refractivity contribution in [1.29, 1.82) is 0 Å². The first-order chi connectivity index (χ1) is 8.82. The maximum Gasteiger partial charge on any atom is 0.294 e. The van der Waals surface area contributed by atoms with Crippen molar-refractivity contribution in [3.05, 3.63) is 35.9 Å². The third-order valence-corrected chi connectivity index (χ3v) is 3.54. The van der Waals surface area contributed by atoms with E-state index in [-0.39, 0.29) is 18.1 Å². The van der Waals surface area contributed by atoms with Gasteiger partial charge >= 0.3 is 0 Å². The molecule has 0 amide bonds. The molecule has 2 aromatic rings. The van der Waals surface area contributed by atoms with Gasteiger partial charge in [-0.3, -0.25) is 9.35 Å². The Kier molecular flexibility index (Phi) is 3.27. The van der Waals surface area contributed by atoms with Gasteiger partial charge in [-0.25, -0.2) is 0 Å². The number of aromatic hydroxyl groups is 1. The molecule has 0 aliphatic carbocycles. The van der Waals surface area contributed by atoms with Crippen molar-refractivity contribution in [2.24, 2.45) is 5.73 Å². The number of benzene rings is 2. The highest BCUT2D eigenvalue weighted by Gasteiger charge is 2.14. The third-order valence-electron chi connectivity index (χ3n) is 2.71. The van der Waals surface area contributed by atoms with E-state index in [1.165, 1.54) is 24.3 Å². The van der Waals surface area contributed by atoms with E-state index < -0.39 is 15.0 Å². The molecule has 19 heavy (non-hydrogen) atoms. The van der Waals surface area contributed by atoms with E-state index >= 15 is 0 Å². The number of hydrogen-bond donors (Lipinski definition) is 3. The summed E-state index contributed by atoms with van der Waals surface area (Å²) in [6.07, 6.45) is 0. The molecule has 0 saturated carbocycles. The van der Waals surface area contributed by atoms with Gasteiger partial charge in [0.25, 0.3) is 10.1 Å². The van der Waals surface area contributed by atoms with Crippen LogP contribution in [0.15, 0.2) is 35.2 Å². The largest absolute Gasteiger partial charge is 0.507 e. The molecule has 0 spiro atoms. The Morgan fingerprint density at radius 2 is 1.89 bits per heavy atom. The van der Waals surface area contributed by atoms with Crippen LogP contribution in [0.25, 0.3) is 10.8 Å². The number of rotatable bonds is 3. The molecule has 0 atom stereocenters. The normalized spacial score (nSPS) is 11.7. The first-order valence-electron chi connectivity index (χ1n) is 5.30. The summed E-state index contributed by atoms with van der Waals surface area (Å²) in [5, 5.41) is 10.4. The molecule has 0 fully saturated rings. The number of phenols is 1. The molecule has 2 rings (SSSR count). The minimum Gasteiger partial charge on any atom is -0.507 e. The van der Waals surface area contributed by atoms with Crippen LogP contribution in [-0.2, 0) is 10.1 Å². The molecule has 2 aromatic carbocycles. The van der Waals surface area contributed by atoms with Gasteiger partial charge in [-0.2, -0.15) is 8.42 Å². The smallest absolute Gasteiger partial charge is 0.294 e. The zero-order valence-electron chi connectivity index (χ0n) is 9.70. The summed E-state index contributed by atoms with van der Waals surface area (Å²) in [6, 6.07) is 6.52. The van der Waals surface area contributed by atoms with Crippen molar-refractivity contribution in [1.82, 2.24) is 0 Å². The van der Waals surface area contributed by atoms with Gasteiger partial charge in [0.1, 0.15) is 5.75 Å². The van der Waals surface area contributed by atoms with Gasteiger partial charge < -0.3 is 10.8 Å². The summed E-state index contributed by atoms with van der Waals surface area (Å²) in [5.74, 6) is -0.601. The third kappa shape index (κ3) is 2.58. The average Bonchev–Trinajstić information content (AvgIpc) is 2.36. The zero-order valence-corrected chi connectivity index (χ0v) is 10.5. The van der Waals surface area contributed by atoms with E-state index in [9.17, 15) is 18.3 Å². The van der Waals surface area contributed by atoms with Crippen LogP contribution < -0.4 is 5.73 Å².